The molecule has 3 aromatic rings. The van der Waals surface area contributed by atoms with Crippen LogP contribution in [0.25, 0.3) is 5.69 Å². The van der Waals surface area contributed by atoms with Crippen LogP contribution in [0.1, 0.15) is 35.7 Å². The summed E-state index contributed by atoms with van der Waals surface area (Å²) < 4.78 is 39.2. The van der Waals surface area contributed by atoms with Gasteiger partial charge in [-0.1, -0.05) is 6.92 Å². The van der Waals surface area contributed by atoms with Gasteiger partial charge in [0.15, 0.2) is 0 Å². The predicted octanol–water partition coefficient (Wildman–Crippen LogP) is 4.03. The second kappa shape index (κ2) is 9.61. The average molecular weight is 571 g/mol. The van der Waals surface area contributed by atoms with E-state index in [0.29, 0.717) is 24.3 Å². The summed E-state index contributed by atoms with van der Waals surface area (Å²) >= 11 is 2.16. The van der Waals surface area contributed by atoms with Crippen molar-refractivity contribution in [3.05, 3.63) is 57.7 Å². The Balaban J connectivity index is 1.55. The number of piperidine rings is 1. The van der Waals surface area contributed by atoms with E-state index in [4.69, 9.17) is 0 Å². The first-order valence-corrected chi connectivity index (χ1v) is 11.4. The van der Waals surface area contributed by atoms with Crippen LogP contribution in [-0.2, 0) is 6.18 Å². The van der Waals surface area contributed by atoms with E-state index in [1.165, 1.54) is 4.80 Å². The number of anilines is 1. The molecule has 2 aromatic heterocycles. The summed E-state index contributed by atoms with van der Waals surface area (Å²) in [6.07, 6.45) is 1.89. The SMILES string of the molecule is CC1CCCN(C(=O)c2cc(I)ccc2-n2nccn2)C1CNc1ncc(C(F)(F)F)cn1. The van der Waals surface area contributed by atoms with Crippen LogP contribution >= 0.6 is 22.6 Å². The molecule has 1 saturated heterocycles. The fourth-order valence-corrected chi connectivity index (χ4v) is 4.41. The Morgan fingerprint density at radius 3 is 2.58 bits per heavy atom. The van der Waals surface area contributed by atoms with Gasteiger partial charge in [0.25, 0.3) is 5.91 Å². The largest absolute Gasteiger partial charge is 0.419 e. The second-order valence-corrected chi connectivity index (χ2v) is 9.09. The standard InChI is InChI=1S/C21H21F3IN7O/c1-13-3-2-8-31(18(13)12-28-20-26-10-14(11-27-20)21(22,23)24)19(33)16-9-15(25)4-5-17(16)32-29-6-7-30-32/h4-7,9-11,13,18H,2-3,8,12H2,1H3,(H,26,27,28). The van der Waals surface area contributed by atoms with Gasteiger partial charge in [-0.15, -0.1) is 0 Å². The van der Waals surface area contributed by atoms with Crippen LogP contribution in [0.15, 0.2) is 43.0 Å². The second-order valence-electron chi connectivity index (χ2n) is 7.84. The van der Waals surface area contributed by atoms with Gasteiger partial charge in [-0.3, -0.25) is 4.79 Å². The molecule has 0 bridgehead atoms. The van der Waals surface area contributed by atoms with Crippen molar-refractivity contribution in [1.82, 2.24) is 29.9 Å². The van der Waals surface area contributed by atoms with E-state index < -0.39 is 11.7 Å². The Morgan fingerprint density at radius 1 is 1.21 bits per heavy atom. The van der Waals surface area contributed by atoms with Gasteiger partial charge in [-0.25, -0.2) is 9.97 Å². The fraction of sp³-hybridized carbons (Fsp3) is 0.381. The molecule has 3 heterocycles. The molecule has 1 fully saturated rings. The van der Waals surface area contributed by atoms with Gasteiger partial charge in [0.05, 0.1) is 35.2 Å². The van der Waals surface area contributed by atoms with Crippen molar-refractivity contribution in [2.45, 2.75) is 32.0 Å². The number of rotatable bonds is 5. The number of hydrogen-bond acceptors (Lipinski definition) is 6. The Bertz CT molecular complexity index is 1110. The predicted molar refractivity (Wildman–Crippen MR) is 123 cm³/mol. The zero-order valence-corrected chi connectivity index (χ0v) is 19.8. The number of aromatic nitrogens is 5. The minimum absolute atomic E-state index is 0.0869. The number of alkyl halides is 3. The summed E-state index contributed by atoms with van der Waals surface area (Å²) in [5.74, 6) is 0.120. The average Bonchev–Trinajstić information content (AvgIpc) is 3.32. The molecule has 174 valence electrons. The highest BCUT2D eigenvalue weighted by Crippen LogP contribution is 2.29. The van der Waals surface area contributed by atoms with Crippen molar-refractivity contribution in [3.8, 4) is 5.69 Å². The molecule has 1 amide bonds. The highest BCUT2D eigenvalue weighted by Gasteiger charge is 2.34. The number of halogens is 4. The molecular formula is C21H21F3IN7O. The molecule has 33 heavy (non-hydrogen) atoms. The third-order valence-electron chi connectivity index (χ3n) is 5.65. The number of nitrogens with zero attached hydrogens (tertiary/aromatic N) is 6. The van der Waals surface area contributed by atoms with Crippen molar-refractivity contribution in [2.24, 2.45) is 5.92 Å². The molecule has 0 spiro atoms. The van der Waals surface area contributed by atoms with E-state index in [0.717, 1.165) is 28.8 Å². The van der Waals surface area contributed by atoms with Crippen LogP contribution in [0.5, 0.6) is 0 Å². The lowest BCUT2D eigenvalue weighted by Crippen LogP contribution is -2.51. The van der Waals surface area contributed by atoms with Crippen LogP contribution in [-0.4, -0.2) is 54.9 Å². The smallest absolute Gasteiger partial charge is 0.352 e. The molecule has 0 saturated carbocycles. The van der Waals surface area contributed by atoms with Gasteiger partial charge in [0.1, 0.15) is 0 Å². The zero-order chi connectivity index (χ0) is 23.6. The van der Waals surface area contributed by atoms with Crippen molar-refractivity contribution in [1.29, 1.82) is 0 Å². The molecule has 2 atom stereocenters. The summed E-state index contributed by atoms with van der Waals surface area (Å²) in [4.78, 5) is 24.4. The topological polar surface area (TPSA) is 88.8 Å². The van der Waals surface area contributed by atoms with Gasteiger partial charge in [-0.05, 0) is 59.5 Å². The van der Waals surface area contributed by atoms with Crippen LogP contribution in [0.4, 0.5) is 19.1 Å². The first-order valence-electron chi connectivity index (χ1n) is 10.3. The molecule has 8 nitrogen and oxygen atoms in total. The molecule has 12 heteroatoms. The zero-order valence-electron chi connectivity index (χ0n) is 17.6. The molecule has 0 radical (unpaired) electrons. The maximum absolute atomic E-state index is 13.7. The number of amides is 1. The molecule has 1 aromatic carbocycles. The van der Waals surface area contributed by atoms with E-state index in [-0.39, 0.29) is 23.8 Å². The van der Waals surface area contributed by atoms with Crippen LogP contribution in [0.3, 0.4) is 0 Å². The number of likely N-dealkylation sites (tertiary alicyclic amines) is 1. The number of carbonyl (C=O) groups is 1. The molecular weight excluding hydrogens is 550 g/mol. The highest BCUT2D eigenvalue weighted by atomic mass is 127. The Morgan fingerprint density at radius 2 is 1.91 bits per heavy atom. The summed E-state index contributed by atoms with van der Waals surface area (Å²) in [5.41, 5.74) is 0.165. The van der Waals surface area contributed by atoms with Crippen LogP contribution in [0, 0.1) is 9.49 Å². The normalized spacial score (nSPS) is 18.9. The van der Waals surface area contributed by atoms with E-state index in [2.05, 4.69) is 55.0 Å². The molecule has 1 aliphatic rings. The number of hydrogen-bond donors (Lipinski definition) is 1. The van der Waals surface area contributed by atoms with Gasteiger partial charge in [0.2, 0.25) is 5.95 Å². The maximum Gasteiger partial charge on any atom is 0.419 e. The summed E-state index contributed by atoms with van der Waals surface area (Å²) in [7, 11) is 0. The fourth-order valence-electron chi connectivity index (χ4n) is 3.92. The third kappa shape index (κ3) is 5.25. The minimum atomic E-state index is -4.49. The molecule has 0 aliphatic carbocycles. The monoisotopic (exact) mass is 571 g/mol. The third-order valence-corrected chi connectivity index (χ3v) is 6.32. The number of benzene rings is 1. The lowest BCUT2D eigenvalue weighted by atomic mass is 9.90. The van der Waals surface area contributed by atoms with Crippen molar-refractivity contribution in [3.63, 3.8) is 0 Å². The van der Waals surface area contributed by atoms with E-state index in [1.807, 2.05) is 23.1 Å². The van der Waals surface area contributed by atoms with Crippen LogP contribution < -0.4 is 5.32 Å². The first-order chi connectivity index (χ1) is 15.7. The lowest BCUT2D eigenvalue weighted by Gasteiger charge is -2.40. The quantitative estimate of drug-likeness (QED) is 0.466. The summed E-state index contributed by atoms with van der Waals surface area (Å²) in [6, 6.07) is 5.32. The maximum atomic E-state index is 13.7. The van der Waals surface area contributed by atoms with Gasteiger partial charge in [0, 0.05) is 29.1 Å². The van der Waals surface area contributed by atoms with E-state index in [9.17, 15) is 18.0 Å². The highest BCUT2D eigenvalue weighted by molar-refractivity contribution is 14.1. The van der Waals surface area contributed by atoms with E-state index in [1.54, 1.807) is 12.4 Å². The molecule has 1 aliphatic heterocycles. The molecule has 4 rings (SSSR count). The first kappa shape index (κ1) is 23.4. The summed E-state index contributed by atoms with van der Waals surface area (Å²) in [5, 5.41) is 11.3. The Hall–Kier alpha value is -2.77. The molecule has 1 N–H and O–H groups in total. The van der Waals surface area contributed by atoms with Crippen molar-refractivity contribution < 1.29 is 18.0 Å². The van der Waals surface area contributed by atoms with E-state index >= 15 is 0 Å². The Labute approximate surface area is 201 Å². The number of carbonyl (C=O) groups excluding carboxylic acids is 1. The van der Waals surface area contributed by atoms with Gasteiger partial charge < -0.3 is 10.2 Å². The Kier molecular flexibility index (Phi) is 6.81. The van der Waals surface area contributed by atoms with Crippen molar-refractivity contribution in [2.75, 3.05) is 18.4 Å². The summed E-state index contributed by atoms with van der Waals surface area (Å²) in [6.45, 7) is 2.95. The van der Waals surface area contributed by atoms with Gasteiger partial charge >= 0.3 is 6.18 Å². The lowest BCUT2D eigenvalue weighted by molar-refractivity contribution is -0.138. The molecule has 2 unspecified atom stereocenters. The van der Waals surface area contributed by atoms with Crippen molar-refractivity contribution >= 4 is 34.4 Å². The van der Waals surface area contributed by atoms with Crippen LogP contribution in [0.2, 0.25) is 0 Å². The number of nitrogens with one attached hydrogen (secondary N) is 1. The minimum Gasteiger partial charge on any atom is -0.352 e. The van der Waals surface area contributed by atoms with Gasteiger partial charge in [-0.2, -0.15) is 28.2 Å².